The van der Waals surface area contributed by atoms with Crippen molar-refractivity contribution in [2.24, 2.45) is 0 Å². The van der Waals surface area contributed by atoms with Crippen molar-refractivity contribution in [2.45, 2.75) is 4.90 Å². The standard InChI is InChI=1S/C25H16FN3O5S2/c26-17-8-10-19(11-9-17)36(32,33)29-18-6-3-5-16(12-18)23(30)28-25-27-21(14-35-25)20-13-15-4-1-2-7-22(15)34-24(20)31/h1-14,29H,(H,27,28,30). The summed E-state index contributed by atoms with van der Waals surface area (Å²) in [6.45, 7) is 0. The van der Waals surface area contributed by atoms with Crippen LogP contribution in [0.4, 0.5) is 15.2 Å². The molecule has 0 atom stereocenters. The monoisotopic (exact) mass is 521 g/mol. The summed E-state index contributed by atoms with van der Waals surface area (Å²) in [5.41, 5.74) is 0.873. The van der Waals surface area contributed by atoms with Gasteiger partial charge in [0.05, 0.1) is 16.2 Å². The van der Waals surface area contributed by atoms with Gasteiger partial charge in [-0.3, -0.25) is 14.8 Å². The van der Waals surface area contributed by atoms with Crippen LogP contribution in [0.15, 0.2) is 98.4 Å². The summed E-state index contributed by atoms with van der Waals surface area (Å²) in [6.07, 6.45) is 0. The van der Waals surface area contributed by atoms with Crippen LogP contribution in [0, 0.1) is 5.82 Å². The summed E-state index contributed by atoms with van der Waals surface area (Å²) < 4.78 is 45.9. The lowest BCUT2D eigenvalue weighted by molar-refractivity contribution is 0.102. The highest BCUT2D eigenvalue weighted by Crippen LogP contribution is 2.26. The molecule has 0 aliphatic carbocycles. The third-order valence-electron chi connectivity index (χ3n) is 5.14. The molecule has 0 spiro atoms. The van der Waals surface area contributed by atoms with E-state index in [4.69, 9.17) is 4.42 Å². The summed E-state index contributed by atoms with van der Waals surface area (Å²) in [5, 5.41) is 5.27. The van der Waals surface area contributed by atoms with E-state index in [1.54, 1.807) is 23.6 Å². The largest absolute Gasteiger partial charge is 0.422 e. The fourth-order valence-corrected chi connectivity index (χ4v) is 5.17. The van der Waals surface area contributed by atoms with Crippen molar-refractivity contribution < 1.29 is 22.0 Å². The Labute approximate surface area is 208 Å². The maximum atomic E-state index is 13.1. The number of carbonyl (C=O) groups is 1. The molecule has 2 heterocycles. The molecule has 0 bridgehead atoms. The Morgan fingerprint density at radius 3 is 2.56 bits per heavy atom. The lowest BCUT2D eigenvalue weighted by atomic mass is 10.1. The molecule has 0 saturated carbocycles. The molecule has 36 heavy (non-hydrogen) atoms. The first-order valence-corrected chi connectivity index (χ1v) is 12.8. The van der Waals surface area contributed by atoms with Gasteiger partial charge in [0.25, 0.3) is 15.9 Å². The number of amides is 1. The summed E-state index contributed by atoms with van der Waals surface area (Å²) in [5.74, 6) is -1.08. The second-order valence-electron chi connectivity index (χ2n) is 7.62. The van der Waals surface area contributed by atoms with Gasteiger partial charge in [-0.1, -0.05) is 24.3 Å². The summed E-state index contributed by atoms with van der Waals surface area (Å²) in [6, 6.07) is 19.0. The second kappa shape index (κ2) is 9.36. The van der Waals surface area contributed by atoms with Gasteiger partial charge in [0.1, 0.15) is 11.4 Å². The molecule has 0 aliphatic rings. The number of thiazole rings is 1. The Balaban J connectivity index is 1.33. The minimum absolute atomic E-state index is 0.118. The maximum Gasteiger partial charge on any atom is 0.345 e. The van der Waals surface area contributed by atoms with Crippen LogP contribution in [0.1, 0.15) is 10.4 Å². The minimum atomic E-state index is -3.98. The van der Waals surface area contributed by atoms with Crippen LogP contribution in [-0.4, -0.2) is 19.3 Å². The van der Waals surface area contributed by atoms with Crippen LogP contribution in [-0.2, 0) is 10.0 Å². The van der Waals surface area contributed by atoms with E-state index in [1.807, 2.05) is 12.1 Å². The van der Waals surface area contributed by atoms with Crippen molar-refractivity contribution in [1.82, 2.24) is 4.98 Å². The molecule has 0 radical (unpaired) electrons. The van der Waals surface area contributed by atoms with E-state index in [0.29, 0.717) is 11.3 Å². The van der Waals surface area contributed by atoms with E-state index in [2.05, 4.69) is 15.0 Å². The topological polar surface area (TPSA) is 118 Å². The number of para-hydroxylation sites is 1. The van der Waals surface area contributed by atoms with Gasteiger partial charge in [0.2, 0.25) is 0 Å². The average Bonchev–Trinajstić information content (AvgIpc) is 3.32. The fraction of sp³-hybridized carbons (Fsp3) is 0. The Bertz CT molecular complexity index is 1760. The molecule has 0 aliphatic heterocycles. The van der Waals surface area contributed by atoms with Gasteiger partial charge in [0, 0.05) is 22.0 Å². The number of hydrogen-bond acceptors (Lipinski definition) is 7. The van der Waals surface area contributed by atoms with E-state index < -0.39 is 27.4 Å². The van der Waals surface area contributed by atoms with Crippen LogP contribution < -0.4 is 15.7 Å². The predicted molar refractivity (Wildman–Crippen MR) is 135 cm³/mol. The van der Waals surface area contributed by atoms with E-state index in [-0.39, 0.29) is 26.8 Å². The Kier molecular flexibility index (Phi) is 6.08. The van der Waals surface area contributed by atoms with Crippen LogP contribution in [0.25, 0.3) is 22.2 Å². The summed E-state index contributed by atoms with van der Waals surface area (Å²) in [7, 11) is -3.98. The van der Waals surface area contributed by atoms with Crippen LogP contribution >= 0.6 is 11.3 Å². The number of hydrogen-bond donors (Lipinski definition) is 2. The number of rotatable bonds is 6. The van der Waals surface area contributed by atoms with E-state index in [0.717, 1.165) is 41.0 Å². The lowest BCUT2D eigenvalue weighted by Crippen LogP contribution is -2.15. The molecule has 5 aromatic rings. The van der Waals surface area contributed by atoms with Crippen molar-refractivity contribution in [2.75, 3.05) is 10.0 Å². The highest BCUT2D eigenvalue weighted by Gasteiger charge is 2.17. The molecular formula is C25H16FN3O5S2. The van der Waals surface area contributed by atoms with Gasteiger partial charge < -0.3 is 4.42 Å². The van der Waals surface area contributed by atoms with Crippen LogP contribution in [0.2, 0.25) is 0 Å². The normalized spacial score (nSPS) is 11.4. The Hall–Kier alpha value is -4.35. The molecule has 8 nitrogen and oxygen atoms in total. The molecule has 180 valence electrons. The van der Waals surface area contributed by atoms with Crippen molar-refractivity contribution in [3.05, 3.63) is 106 Å². The molecule has 0 unspecified atom stereocenters. The van der Waals surface area contributed by atoms with Crippen molar-refractivity contribution in [3.63, 3.8) is 0 Å². The number of carbonyl (C=O) groups excluding carboxylic acids is 1. The Morgan fingerprint density at radius 1 is 0.972 bits per heavy atom. The zero-order valence-electron chi connectivity index (χ0n) is 18.3. The van der Waals surface area contributed by atoms with Gasteiger partial charge in [-0.05, 0) is 54.6 Å². The van der Waals surface area contributed by atoms with Gasteiger partial charge >= 0.3 is 5.63 Å². The third-order valence-corrected chi connectivity index (χ3v) is 7.30. The Morgan fingerprint density at radius 2 is 1.75 bits per heavy atom. The fourth-order valence-electron chi connectivity index (χ4n) is 3.42. The number of aromatic nitrogens is 1. The van der Waals surface area contributed by atoms with E-state index in [9.17, 15) is 22.4 Å². The molecule has 2 aromatic heterocycles. The van der Waals surface area contributed by atoms with Gasteiger partial charge in [0.15, 0.2) is 5.13 Å². The quantitative estimate of drug-likeness (QED) is 0.300. The van der Waals surface area contributed by atoms with Crippen molar-refractivity contribution >= 4 is 49.1 Å². The lowest BCUT2D eigenvalue weighted by Gasteiger charge is -2.09. The van der Waals surface area contributed by atoms with E-state index >= 15 is 0 Å². The van der Waals surface area contributed by atoms with Gasteiger partial charge in [-0.25, -0.2) is 22.6 Å². The average molecular weight is 522 g/mol. The highest BCUT2D eigenvalue weighted by molar-refractivity contribution is 7.92. The highest BCUT2D eigenvalue weighted by atomic mass is 32.2. The number of halogens is 1. The first kappa shape index (κ1) is 23.4. The molecule has 0 saturated heterocycles. The molecular weight excluding hydrogens is 505 g/mol. The van der Waals surface area contributed by atoms with Crippen LogP contribution in [0.3, 0.4) is 0 Å². The molecule has 3 aromatic carbocycles. The SMILES string of the molecule is O=C(Nc1nc(-c2cc3ccccc3oc2=O)cs1)c1cccc(NS(=O)(=O)c2ccc(F)cc2)c1. The smallest absolute Gasteiger partial charge is 0.345 e. The molecule has 11 heteroatoms. The number of nitrogens with zero attached hydrogens (tertiary/aromatic N) is 1. The number of nitrogens with one attached hydrogen (secondary N) is 2. The van der Waals surface area contributed by atoms with Gasteiger partial charge in [-0.15, -0.1) is 11.3 Å². The zero-order chi connectivity index (χ0) is 25.3. The van der Waals surface area contributed by atoms with Crippen molar-refractivity contribution in [1.29, 1.82) is 0 Å². The summed E-state index contributed by atoms with van der Waals surface area (Å²) in [4.78, 5) is 29.4. The predicted octanol–water partition coefficient (Wildman–Crippen LogP) is 5.11. The zero-order valence-corrected chi connectivity index (χ0v) is 19.9. The molecule has 0 fully saturated rings. The number of sulfonamides is 1. The van der Waals surface area contributed by atoms with E-state index in [1.165, 1.54) is 24.3 Å². The third kappa shape index (κ3) is 4.88. The first-order valence-electron chi connectivity index (χ1n) is 10.5. The second-order valence-corrected chi connectivity index (χ2v) is 10.2. The molecule has 2 N–H and O–H groups in total. The van der Waals surface area contributed by atoms with Crippen molar-refractivity contribution in [3.8, 4) is 11.3 Å². The summed E-state index contributed by atoms with van der Waals surface area (Å²) >= 11 is 1.13. The van der Waals surface area contributed by atoms with Gasteiger partial charge in [-0.2, -0.15) is 0 Å². The number of fused-ring (bicyclic) bond motifs is 1. The number of anilines is 2. The first-order chi connectivity index (χ1) is 17.3. The number of benzene rings is 3. The minimum Gasteiger partial charge on any atom is -0.422 e. The maximum absolute atomic E-state index is 13.1. The molecule has 1 amide bonds. The molecule has 5 rings (SSSR count). The van der Waals surface area contributed by atoms with Crippen LogP contribution in [0.5, 0.6) is 0 Å².